The standard InChI is InChI=1S/C18H37N3/c1-6-19-17-16(10-9-12-18(17,4)5)21-13-11-15(14-21)20(7-2)8-3/h15-17,19H,6-14H2,1-5H3. The van der Waals surface area contributed by atoms with Crippen molar-refractivity contribution in [2.45, 2.75) is 78.4 Å². The van der Waals surface area contributed by atoms with Gasteiger partial charge in [0, 0.05) is 31.2 Å². The van der Waals surface area contributed by atoms with Gasteiger partial charge in [-0.2, -0.15) is 0 Å². The number of hydrogen-bond donors (Lipinski definition) is 1. The lowest BCUT2D eigenvalue weighted by molar-refractivity contribution is 0.0576. The second-order valence-electron chi connectivity index (χ2n) is 7.64. The fourth-order valence-electron chi connectivity index (χ4n) is 4.74. The number of nitrogens with one attached hydrogen (secondary N) is 1. The Morgan fingerprint density at radius 2 is 1.86 bits per heavy atom. The van der Waals surface area contributed by atoms with E-state index in [0.29, 0.717) is 11.5 Å². The van der Waals surface area contributed by atoms with Crippen LogP contribution in [-0.4, -0.2) is 60.6 Å². The summed E-state index contributed by atoms with van der Waals surface area (Å²) >= 11 is 0. The van der Waals surface area contributed by atoms with Gasteiger partial charge in [0.15, 0.2) is 0 Å². The minimum atomic E-state index is 0.437. The third kappa shape index (κ3) is 3.80. The van der Waals surface area contributed by atoms with Crippen LogP contribution in [0.1, 0.15) is 60.3 Å². The first-order valence-electron chi connectivity index (χ1n) is 9.25. The zero-order valence-electron chi connectivity index (χ0n) is 15.0. The van der Waals surface area contributed by atoms with Crippen LogP contribution in [-0.2, 0) is 0 Å². The van der Waals surface area contributed by atoms with Gasteiger partial charge in [0.1, 0.15) is 0 Å². The van der Waals surface area contributed by atoms with Crippen LogP contribution in [0, 0.1) is 5.41 Å². The van der Waals surface area contributed by atoms with Gasteiger partial charge in [-0.05, 0) is 44.3 Å². The fourth-order valence-corrected chi connectivity index (χ4v) is 4.74. The highest BCUT2D eigenvalue weighted by Crippen LogP contribution is 2.39. The maximum absolute atomic E-state index is 3.82. The summed E-state index contributed by atoms with van der Waals surface area (Å²) in [5, 5.41) is 3.82. The first kappa shape index (κ1) is 17.2. The van der Waals surface area contributed by atoms with Crippen molar-refractivity contribution in [1.82, 2.24) is 15.1 Å². The molecule has 21 heavy (non-hydrogen) atoms. The Balaban J connectivity index is 2.03. The molecule has 1 saturated carbocycles. The molecule has 0 radical (unpaired) electrons. The molecule has 1 N–H and O–H groups in total. The highest BCUT2D eigenvalue weighted by Gasteiger charge is 2.43. The normalized spacial score (nSPS) is 33.7. The van der Waals surface area contributed by atoms with Gasteiger partial charge in [-0.25, -0.2) is 0 Å². The molecule has 2 aliphatic rings. The van der Waals surface area contributed by atoms with Crippen molar-refractivity contribution in [2.75, 3.05) is 32.7 Å². The van der Waals surface area contributed by atoms with Gasteiger partial charge in [-0.15, -0.1) is 0 Å². The average molecular weight is 296 g/mol. The Kier molecular flexibility index (Phi) is 6.10. The second-order valence-corrected chi connectivity index (χ2v) is 7.64. The van der Waals surface area contributed by atoms with E-state index >= 15 is 0 Å². The molecule has 0 aromatic rings. The van der Waals surface area contributed by atoms with Crippen molar-refractivity contribution >= 4 is 0 Å². The van der Waals surface area contributed by atoms with Gasteiger partial charge in [0.05, 0.1) is 0 Å². The van der Waals surface area contributed by atoms with Gasteiger partial charge in [-0.3, -0.25) is 9.80 Å². The molecule has 1 aliphatic carbocycles. The molecule has 0 aromatic carbocycles. The molecule has 0 spiro atoms. The smallest absolute Gasteiger partial charge is 0.0274 e. The molecule has 3 heteroatoms. The van der Waals surface area contributed by atoms with Gasteiger partial charge in [0.25, 0.3) is 0 Å². The summed E-state index contributed by atoms with van der Waals surface area (Å²) in [6.07, 6.45) is 5.50. The van der Waals surface area contributed by atoms with E-state index in [1.165, 1.54) is 51.9 Å². The fraction of sp³-hybridized carbons (Fsp3) is 1.00. The minimum Gasteiger partial charge on any atom is -0.312 e. The molecule has 3 nitrogen and oxygen atoms in total. The molecular weight excluding hydrogens is 258 g/mol. The summed E-state index contributed by atoms with van der Waals surface area (Å²) in [5.41, 5.74) is 0.437. The molecule has 1 aliphatic heterocycles. The molecule has 2 rings (SSSR count). The Hall–Kier alpha value is -0.120. The zero-order chi connectivity index (χ0) is 15.5. The highest BCUT2D eigenvalue weighted by molar-refractivity contribution is 5.00. The number of hydrogen-bond acceptors (Lipinski definition) is 3. The van der Waals surface area contributed by atoms with E-state index in [-0.39, 0.29) is 0 Å². The Morgan fingerprint density at radius 1 is 1.14 bits per heavy atom. The van der Waals surface area contributed by atoms with Crippen LogP contribution in [0.3, 0.4) is 0 Å². The van der Waals surface area contributed by atoms with Crippen molar-refractivity contribution in [3.63, 3.8) is 0 Å². The van der Waals surface area contributed by atoms with Gasteiger partial charge >= 0.3 is 0 Å². The topological polar surface area (TPSA) is 18.5 Å². The van der Waals surface area contributed by atoms with Crippen LogP contribution in [0.2, 0.25) is 0 Å². The van der Waals surface area contributed by atoms with Crippen LogP contribution in [0.4, 0.5) is 0 Å². The van der Waals surface area contributed by atoms with Crippen molar-refractivity contribution in [2.24, 2.45) is 5.41 Å². The van der Waals surface area contributed by atoms with E-state index in [1.807, 2.05) is 0 Å². The predicted octanol–water partition coefficient (Wildman–Crippen LogP) is 2.96. The van der Waals surface area contributed by atoms with Gasteiger partial charge < -0.3 is 5.32 Å². The van der Waals surface area contributed by atoms with E-state index in [0.717, 1.165) is 18.6 Å². The quantitative estimate of drug-likeness (QED) is 0.813. The number of likely N-dealkylation sites (N-methyl/N-ethyl adjacent to an activating group) is 2. The number of rotatable bonds is 6. The average Bonchev–Trinajstić information content (AvgIpc) is 2.92. The molecular formula is C18H37N3. The Bertz CT molecular complexity index is 312. The molecule has 3 unspecified atom stereocenters. The molecule has 3 atom stereocenters. The highest BCUT2D eigenvalue weighted by atomic mass is 15.3. The summed E-state index contributed by atoms with van der Waals surface area (Å²) in [4.78, 5) is 5.45. The SMILES string of the molecule is CCNC1C(N2CCC(N(CC)CC)C2)CCCC1(C)C. The van der Waals surface area contributed by atoms with E-state index in [2.05, 4.69) is 49.7 Å². The van der Waals surface area contributed by atoms with Crippen molar-refractivity contribution in [3.05, 3.63) is 0 Å². The summed E-state index contributed by atoms with van der Waals surface area (Å²) in [5.74, 6) is 0. The Morgan fingerprint density at radius 3 is 2.48 bits per heavy atom. The molecule has 1 saturated heterocycles. The number of likely N-dealkylation sites (tertiary alicyclic amines) is 1. The molecule has 2 fully saturated rings. The zero-order valence-corrected chi connectivity index (χ0v) is 15.0. The molecule has 124 valence electrons. The van der Waals surface area contributed by atoms with Crippen LogP contribution >= 0.6 is 0 Å². The van der Waals surface area contributed by atoms with E-state index < -0.39 is 0 Å². The predicted molar refractivity (Wildman–Crippen MR) is 91.8 cm³/mol. The van der Waals surface area contributed by atoms with E-state index in [4.69, 9.17) is 0 Å². The third-order valence-corrected chi connectivity index (χ3v) is 5.96. The molecule has 0 aromatic heterocycles. The van der Waals surface area contributed by atoms with Gasteiger partial charge in [0.2, 0.25) is 0 Å². The van der Waals surface area contributed by atoms with Gasteiger partial charge in [-0.1, -0.05) is 41.0 Å². The summed E-state index contributed by atoms with van der Waals surface area (Å²) in [6.45, 7) is 17.9. The maximum atomic E-state index is 3.82. The third-order valence-electron chi connectivity index (χ3n) is 5.96. The minimum absolute atomic E-state index is 0.437. The first-order chi connectivity index (χ1) is 10.0. The van der Waals surface area contributed by atoms with Crippen LogP contribution in [0.25, 0.3) is 0 Å². The number of nitrogens with zero attached hydrogens (tertiary/aromatic N) is 2. The lowest BCUT2D eigenvalue weighted by atomic mass is 9.70. The van der Waals surface area contributed by atoms with Crippen LogP contribution in [0.15, 0.2) is 0 Å². The summed E-state index contributed by atoms with van der Waals surface area (Å²) in [7, 11) is 0. The lowest BCUT2D eigenvalue weighted by Gasteiger charge is -2.48. The van der Waals surface area contributed by atoms with Crippen LogP contribution in [0.5, 0.6) is 0 Å². The van der Waals surface area contributed by atoms with E-state index in [1.54, 1.807) is 0 Å². The van der Waals surface area contributed by atoms with Crippen molar-refractivity contribution in [1.29, 1.82) is 0 Å². The Labute approximate surface area is 132 Å². The molecule has 0 bridgehead atoms. The van der Waals surface area contributed by atoms with Crippen molar-refractivity contribution < 1.29 is 0 Å². The van der Waals surface area contributed by atoms with Crippen molar-refractivity contribution in [3.8, 4) is 0 Å². The summed E-state index contributed by atoms with van der Waals surface area (Å²) < 4.78 is 0. The second kappa shape index (κ2) is 7.43. The largest absolute Gasteiger partial charge is 0.312 e. The lowest BCUT2D eigenvalue weighted by Crippen LogP contribution is -2.58. The molecule has 1 heterocycles. The molecule has 0 amide bonds. The van der Waals surface area contributed by atoms with Crippen LogP contribution < -0.4 is 5.32 Å². The monoisotopic (exact) mass is 295 g/mol. The van der Waals surface area contributed by atoms with E-state index in [9.17, 15) is 0 Å². The summed E-state index contributed by atoms with van der Waals surface area (Å²) in [6, 6.07) is 2.19. The maximum Gasteiger partial charge on any atom is 0.0274 e. The first-order valence-corrected chi connectivity index (χ1v) is 9.25.